The summed E-state index contributed by atoms with van der Waals surface area (Å²) >= 11 is 0. The van der Waals surface area contributed by atoms with Crippen LogP contribution in [0.15, 0.2) is 35.5 Å². The van der Waals surface area contributed by atoms with E-state index in [1.807, 2.05) is 6.20 Å². The first kappa shape index (κ1) is 13.2. The quantitative estimate of drug-likeness (QED) is 0.857. The molecule has 0 radical (unpaired) electrons. The van der Waals surface area contributed by atoms with Gasteiger partial charge in [-0.2, -0.15) is 0 Å². The molecule has 0 aliphatic carbocycles. The summed E-state index contributed by atoms with van der Waals surface area (Å²) in [5.74, 6) is 0.351. The summed E-state index contributed by atoms with van der Waals surface area (Å²) in [6, 6.07) is 9.22. The third-order valence-corrected chi connectivity index (χ3v) is 4.28. The second kappa shape index (κ2) is 5.28. The lowest BCUT2D eigenvalue weighted by Crippen LogP contribution is -2.18. The standard InChI is InChI=1S/C18H22N2/c1-12-10-13(2)17(14(3)11-12)18(15-6-4-8-19-15)16-7-5-9-20-16/h4,6,8-11,16,18-19H,5,7H2,1-3H3. The van der Waals surface area contributed by atoms with Crippen molar-refractivity contribution in [3.63, 3.8) is 0 Å². The van der Waals surface area contributed by atoms with E-state index >= 15 is 0 Å². The van der Waals surface area contributed by atoms with Crippen molar-refractivity contribution < 1.29 is 0 Å². The minimum Gasteiger partial charge on any atom is -0.364 e. The Morgan fingerprint density at radius 1 is 1.20 bits per heavy atom. The Kier molecular flexibility index (Phi) is 3.47. The zero-order chi connectivity index (χ0) is 14.1. The van der Waals surface area contributed by atoms with Gasteiger partial charge in [-0.15, -0.1) is 0 Å². The molecule has 104 valence electrons. The molecule has 2 unspecified atom stereocenters. The number of benzene rings is 1. The number of aliphatic imine (C=N–C) groups is 1. The zero-order valence-electron chi connectivity index (χ0n) is 12.5. The highest BCUT2D eigenvalue weighted by Gasteiger charge is 2.29. The summed E-state index contributed by atoms with van der Waals surface area (Å²) in [5, 5.41) is 0. The molecule has 2 atom stereocenters. The Hall–Kier alpha value is -1.83. The number of H-pyrrole nitrogens is 1. The maximum absolute atomic E-state index is 4.73. The monoisotopic (exact) mass is 266 g/mol. The predicted octanol–water partition coefficient (Wildman–Crippen LogP) is 4.31. The highest BCUT2D eigenvalue weighted by molar-refractivity contribution is 5.61. The molecule has 1 N–H and O–H groups in total. The van der Waals surface area contributed by atoms with Crippen LogP contribution in [0, 0.1) is 20.8 Å². The number of aromatic nitrogens is 1. The minimum atomic E-state index is 0.351. The lowest BCUT2D eigenvalue weighted by atomic mass is 9.82. The second-order valence-corrected chi connectivity index (χ2v) is 5.89. The van der Waals surface area contributed by atoms with Gasteiger partial charge in [-0.05, 0) is 68.7 Å². The van der Waals surface area contributed by atoms with Crippen LogP contribution in [0.3, 0.4) is 0 Å². The van der Waals surface area contributed by atoms with Gasteiger partial charge in [0, 0.05) is 17.8 Å². The SMILES string of the molecule is Cc1cc(C)c(C(c2ccc[nH]2)C2CCC=N2)c(C)c1. The van der Waals surface area contributed by atoms with E-state index in [4.69, 9.17) is 4.99 Å². The summed E-state index contributed by atoms with van der Waals surface area (Å²) in [7, 11) is 0. The van der Waals surface area contributed by atoms with Crippen LogP contribution in [0.4, 0.5) is 0 Å². The van der Waals surface area contributed by atoms with Gasteiger partial charge in [0.05, 0.1) is 6.04 Å². The summed E-state index contributed by atoms with van der Waals surface area (Å²) in [4.78, 5) is 8.14. The first-order chi connectivity index (χ1) is 9.66. The third kappa shape index (κ3) is 2.31. The molecule has 20 heavy (non-hydrogen) atoms. The van der Waals surface area contributed by atoms with Crippen LogP contribution >= 0.6 is 0 Å². The van der Waals surface area contributed by atoms with Crippen LogP contribution in [0.25, 0.3) is 0 Å². The van der Waals surface area contributed by atoms with Gasteiger partial charge in [0.1, 0.15) is 0 Å². The van der Waals surface area contributed by atoms with Crippen LogP contribution < -0.4 is 0 Å². The second-order valence-electron chi connectivity index (χ2n) is 5.89. The lowest BCUT2D eigenvalue weighted by Gasteiger charge is -2.25. The van der Waals surface area contributed by atoms with Gasteiger partial charge in [0.2, 0.25) is 0 Å². The Balaban J connectivity index is 2.12. The fourth-order valence-corrected chi connectivity index (χ4v) is 3.56. The van der Waals surface area contributed by atoms with Crippen molar-refractivity contribution in [2.24, 2.45) is 4.99 Å². The van der Waals surface area contributed by atoms with E-state index in [9.17, 15) is 0 Å². The van der Waals surface area contributed by atoms with Crippen molar-refractivity contribution in [2.75, 3.05) is 0 Å². The molecule has 2 heterocycles. The maximum Gasteiger partial charge on any atom is 0.0622 e. The van der Waals surface area contributed by atoms with Crippen LogP contribution in [0.2, 0.25) is 0 Å². The topological polar surface area (TPSA) is 28.1 Å². The molecule has 3 rings (SSSR count). The van der Waals surface area contributed by atoms with Crippen molar-refractivity contribution in [1.29, 1.82) is 0 Å². The van der Waals surface area contributed by atoms with Gasteiger partial charge in [0.25, 0.3) is 0 Å². The minimum absolute atomic E-state index is 0.351. The van der Waals surface area contributed by atoms with Gasteiger partial charge in [-0.25, -0.2) is 0 Å². The molecule has 1 aromatic carbocycles. The van der Waals surface area contributed by atoms with E-state index in [1.165, 1.54) is 27.9 Å². The van der Waals surface area contributed by atoms with E-state index in [0.29, 0.717) is 12.0 Å². The Bertz CT molecular complexity index is 600. The van der Waals surface area contributed by atoms with Crippen LogP contribution in [-0.4, -0.2) is 17.2 Å². The largest absolute Gasteiger partial charge is 0.364 e. The molecule has 1 aliphatic heterocycles. The van der Waals surface area contributed by atoms with Crippen LogP contribution in [-0.2, 0) is 0 Å². The molecule has 2 heteroatoms. The number of hydrogen-bond acceptors (Lipinski definition) is 1. The highest BCUT2D eigenvalue weighted by Crippen LogP contribution is 2.36. The molecule has 2 aromatic rings. The van der Waals surface area contributed by atoms with Gasteiger partial charge >= 0.3 is 0 Å². The average Bonchev–Trinajstić information content (AvgIpc) is 3.07. The lowest BCUT2D eigenvalue weighted by molar-refractivity contribution is 0.580. The number of nitrogens with one attached hydrogen (secondary N) is 1. The van der Waals surface area contributed by atoms with E-state index in [1.54, 1.807) is 0 Å². The number of hydrogen-bond donors (Lipinski definition) is 1. The van der Waals surface area contributed by atoms with Crippen molar-refractivity contribution in [1.82, 2.24) is 4.98 Å². The number of aromatic amines is 1. The molecule has 0 spiro atoms. The van der Waals surface area contributed by atoms with Crippen molar-refractivity contribution in [3.8, 4) is 0 Å². The van der Waals surface area contributed by atoms with Crippen LogP contribution in [0.5, 0.6) is 0 Å². The van der Waals surface area contributed by atoms with E-state index < -0.39 is 0 Å². The normalized spacial score (nSPS) is 19.4. The fraction of sp³-hybridized carbons (Fsp3) is 0.389. The van der Waals surface area contributed by atoms with Crippen molar-refractivity contribution in [2.45, 2.75) is 45.6 Å². The van der Waals surface area contributed by atoms with Gasteiger partial charge in [-0.1, -0.05) is 17.7 Å². The highest BCUT2D eigenvalue weighted by atomic mass is 14.8. The summed E-state index contributed by atoms with van der Waals surface area (Å²) in [6.45, 7) is 6.62. The Labute approximate surface area is 121 Å². The molecule has 2 nitrogen and oxygen atoms in total. The Morgan fingerprint density at radius 2 is 1.95 bits per heavy atom. The molecular formula is C18H22N2. The number of nitrogens with zero attached hydrogens (tertiary/aromatic N) is 1. The van der Waals surface area contributed by atoms with Gasteiger partial charge in [-0.3, -0.25) is 4.99 Å². The van der Waals surface area contributed by atoms with Crippen molar-refractivity contribution >= 4 is 6.21 Å². The molecule has 0 saturated heterocycles. The first-order valence-electron chi connectivity index (χ1n) is 7.39. The summed E-state index contributed by atoms with van der Waals surface area (Å²) < 4.78 is 0. The van der Waals surface area contributed by atoms with Crippen molar-refractivity contribution in [3.05, 3.63) is 58.4 Å². The third-order valence-electron chi connectivity index (χ3n) is 4.28. The number of rotatable bonds is 3. The maximum atomic E-state index is 4.73. The predicted molar refractivity (Wildman–Crippen MR) is 84.8 cm³/mol. The average molecular weight is 266 g/mol. The summed E-state index contributed by atoms with van der Waals surface area (Å²) in [6.07, 6.45) is 6.35. The first-order valence-corrected chi connectivity index (χ1v) is 7.39. The fourth-order valence-electron chi connectivity index (χ4n) is 3.56. The van der Waals surface area contributed by atoms with E-state index in [0.717, 1.165) is 12.8 Å². The smallest absolute Gasteiger partial charge is 0.0622 e. The molecular weight excluding hydrogens is 244 g/mol. The van der Waals surface area contributed by atoms with Gasteiger partial charge in [0.15, 0.2) is 0 Å². The molecule has 1 aliphatic rings. The number of aryl methyl sites for hydroxylation is 3. The molecule has 1 aromatic heterocycles. The zero-order valence-corrected chi connectivity index (χ0v) is 12.5. The van der Waals surface area contributed by atoms with Gasteiger partial charge < -0.3 is 4.98 Å². The molecule has 0 bridgehead atoms. The molecule has 0 saturated carbocycles. The molecule has 0 amide bonds. The Morgan fingerprint density at radius 3 is 2.50 bits per heavy atom. The van der Waals surface area contributed by atoms with Crippen LogP contribution in [0.1, 0.15) is 46.7 Å². The molecule has 0 fully saturated rings. The van der Waals surface area contributed by atoms with E-state index in [2.05, 4.69) is 56.2 Å². The summed E-state index contributed by atoms with van der Waals surface area (Å²) in [5.41, 5.74) is 6.82. The van der Waals surface area contributed by atoms with E-state index in [-0.39, 0.29) is 0 Å².